The maximum absolute atomic E-state index is 13.7. The van der Waals surface area contributed by atoms with Gasteiger partial charge in [-0.1, -0.05) is 12.1 Å². The Morgan fingerprint density at radius 1 is 1.00 bits per heavy atom. The lowest BCUT2D eigenvalue weighted by Crippen LogP contribution is -2.43. The molecule has 1 heterocycles. The lowest BCUT2D eigenvalue weighted by atomic mass is 9.86. The summed E-state index contributed by atoms with van der Waals surface area (Å²) in [6.45, 7) is 2.63. The van der Waals surface area contributed by atoms with Gasteiger partial charge in [-0.3, -0.25) is 9.69 Å². The molecule has 1 amide bonds. The smallest absolute Gasteiger partial charge is 0.370 e. The summed E-state index contributed by atoms with van der Waals surface area (Å²) in [6.07, 6.45) is -8.93. The van der Waals surface area contributed by atoms with Gasteiger partial charge in [0, 0.05) is 12.5 Å². The lowest BCUT2D eigenvalue weighted by Gasteiger charge is -2.32. The van der Waals surface area contributed by atoms with Crippen molar-refractivity contribution in [2.75, 3.05) is 13.1 Å². The van der Waals surface area contributed by atoms with Crippen LogP contribution in [0.1, 0.15) is 66.9 Å². The van der Waals surface area contributed by atoms with Gasteiger partial charge in [-0.2, -0.15) is 26.3 Å². The highest BCUT2D eigenvalue weighted by molar-refractivity contribution is 5.80. The molecule has 4 rings (SSSR count). The number of halogens is 7. The standard InChI is InChI=1S/C27H29F7N2O2/c1-15(18-11-19(26(29,30)31)13-20(12-18)27(32,33)34)38-23-9-6-17(14-36-10-2-3-22(36)25(35)37)24(23)16-4-7-21(28)8-5-16/h4-5,7-8,11-13,15,17,22-24H,2-3,6,9-10,14H2,1H3,(H2,35,37)/t15-,17+,22+,23+,24+/m1/s1. The molecule has 2 aromatic carbocycles. The number of rotatable bonds is 7. The Kier molecular flexibility index (Phi) is 8.09. The second-order valence-corrected chi connectivity index (χ2v) is 10.1. The third-order valence-electron chi connectivity index (χ3n) is 7.60. The molecule has 1 aliphatic carbocycles. The predicted octanol–water partition coefficient (Wildman–Crippen LogP) is 6.45. The topological polar surface area (TPSA) is 55.6 Å². The summed E-state index contributed by atoms with van der Waals surface area (Å²) in [5.41, 5.74) is 3.28. The van der Waals surface area contributed by atoms with E-state index in [1.165, 1.54) is 19.1 Å². The number of nitrogens with zero attached hydrogens (tertiary/aromatic N) is 1. The van der Waals surface area contributed by atoms with Crippen LogP contribution in [-0.4, -0.2) is 36.0 Å². The maximum atomic E-state index is 13.7. The van der Waals surface area contributed by atoms with Crippen LogP contribution in [0.5, 0.6) is 0 Å². The summed E-state index contributed by atoms with van der Waals surface area (Å²) >= 11 is 0. The molecule has 4 nitrogen and oxygen atoms in total. The van der Waals surface area contributed by atoms with Gasteiger partial charge in [-0.15, -0.1) is 0 Å². The molecule has 11 heteroatoms. The Labute approximate surface area is 215 Å². The Morgan fingerprint density at radius 3 is 2.16 bits per heavy atom. The number of hydrogen-bond acceptors (Lipinski definition) is 3. The van der Waals surface area contributed by atoms with Crippen molar-refractivity contribution in [3.8, 4) is 0 Å². The van der Waals surface area contributed by atoms with E-state index in [9.17, 15) is 35.5 Å². The Morgan fingerprint density at radius 2 is 1.61 bits per heavy atom. The summed E-state index contributed by atoms with van der Waals surface area (Å²) in [5, 5.41) is 0. The largest absolute Gasteiger partial charge is 0.416 e. The molecule has 2 fully saturated rings. The monoisotopic (exact) mass is 546 g/mol. The van der Waals surface area contributed by atoms with Crippen LogP contribution in [0.4, 0.5) is 30.7 Å². The van der Waals surface area contributed by atoms with Crippen molar-refractivity contribution in [3.05, 3.63) is 70.5 Å². The van der Waals surface area contributed by atoms with E-state index >= 15 is 0 Å². The van der Waals surface area contributed by atoms with Gasteiger partial charge in [0.1, 0.15) is 5.82 Å². The minimum atomic E-state index is -4.96. The molecule has 2 aliphatic rings. The van der Waals surface area contributed by atoms with Crippen LogP contribution in [0.25, 0.3) is 0 Å². The van der Waals surface area contributed by atoms with Gasteiger partial charge in [0.05, 0.1) is 29.4 Å². The van der Waals surface area contributed by atoms with E-state index in [0.717, 1.165) is 12.0 Å². The molecule has 0 aromatic heterocycles. The molecular weight excluding hydrogens is 517 g/mol. The molecule has 0 unspecified atom stereocenters. The first-order valence-corrected chi connectivity index (χ1v) is 12.5. The van der Waals surface area contributed by atoms with Gasteiger partial charge >= 0.3 is 12.4 Å². The fourth-order valence-corrected chi connectivity index (χ4v) is 5.79. The highest BCUT2D eigenvalue weighted by Gasteiger charge is 2.42. The molecule has 0 bridgehead atoms. The zero-order valence-electron chi connectivity index (χ0n) is 20.7. The van der Waals surface area contributed by atoms with Crippen molar-refractivity contribution in [1.29, 1.82) is 0 Å². The number of nitrogens with two attached hydrogens (primary N) is 1. The number of carbonyl (C=O) groups excluding carboxylic acids is 1. The number of hydrogen-bond donors (Lipinski definition) is 1. The average Bonchev–Trinajstić information content (AvgIpc) is 3.46. The quantitative estimate of drug-likeness (QED) is 0.406. The number of ether oxygens (including phenoxy) is 1. The average molecular weight is 547 g/mol. The first-order chi connectivity index (χ1) is 17.7. The zero-order chi connectivity index (χ0) is 27.8. The van der Waals surface area contributed by atoms with Gasteiger partial charge in [-0.25, -0.2) is 4.39 Å². The number of benzene rings is 2. The summed E-state index contributed by atoms with van der Waals surface area (Å²) < 4.78 is 100. The van der Waals surface area contributed by atoms with Crippen LogP contribution in [-0.2, 0) is 21.9 Å². The molecule has 2 N–H and O–H groups in total. The Balaban J connectivity index is 1.61. The second-order valence-electron chi connectivity index (χ2n) is 10.1. The van der Waals surface area contributed by atoms with Crippen LogP contribution < -0.4 is 5.73 Å². The molecule has 208 valence electrons. The van der Waals surface area contributed by atoms with Crippen molar-refractivity contribution in [2.45, 2.75) is 69.1 Å². The third-order valence-corrected chi connectivity index (χ3v) is 7.60. The van der Waals surface area contributed by atoms with Crippen LogP contribution >= 0.6 is 0 Å². The van der Waals surface area contributed by atoms with Crippen LogP contribution in [0.3, 0.4) is 0 Å². The van der Waals surface area contributed by atoms with Crippen LogP contribution in [0.15, 0.2) is 42.5 Å². The van der Waals surface area contributed by atoms with Crippen LogP contribution in [0.2, 0.25) is 0 Å². The van der Waals surface area contributed by atoms with Crippen molar-refractivity contribution < 1.29 is 40.3 Å². The Bertz CT molecular complexity index is 1100. The van der Waals surface area contributed by atoms with Gasteiger partial charge in [-0.05, 0) is 86.5 Å². The van der Waals surface area contributed by atoms with Crippen LogP contribution in [0, 0.1) is 11.7 Å². The molecule has 0 radical (unpaired) electrons. The SMILES string of the molecule is C[C@@H](O[C@H]1CC[C@@H](CN2CCC[C@H]2C(N)=O)[C@@H]1c1ccc(F)cc1)c1cc(C(F)(F)F)cc(C(F)(F)F)c1. The van der Waals surface area contributed by atoms with Crippen molar-refractivity contribution in [1.82, 2.24) is 4.90 Å². The summed E-state index contributed by atoms with van der Waals surface area (Å²) in [4.78, 5) is 13.9. The molecule has 1 aliphatic heterocycles. The molecule has 0 spiro atoms. The van der Waals surface area contributed by atoms with E-state index in [2.05, 4.69) is 0 Å². The molecule has 1 saturated carbocycles. The van der Waals surface area contributed by atoms with E-state index < -0.39 is 53.5 Å². The highest BCUT2D eigenvalue weighted by atomic mass is 19.4. The fraction of sp³-hybridized carbons (Fsp3) is 0.519. The van der Waals surface area contributed by atoms with Crippen molar-refractivity contribution >= 4 is 5.91 Å². The minimum absolute atomic E-state index is 0.0372. The molecule has 1 saturated heterocycles. The minimum Gasteiger partial charge on any atom is -0.370 e. The normalized spacial score (nSPS) is 25.6. The number of carbonyl (C=O) groups is 1. The van der Waals surface area contributed by atoms with E-state index in [0.29, 0.717) is 44.5 Å². The van der Waals surface area contributed by atoms with Gasteiger partial charge < -0.3 is 10.5 Å². The number of primary amides is 1. The predicted molar refractivity (Wildman–Crippen MR) is 125 cm³/mol. The maximum Gasteiger partial charge on any atom is 0.416 e. The zero-order valence-corrected chi connectivity index (χ0v) is 20.7. The number of amides is 1. The lowest BCUT2D eigenvalue weighted by molar-refractivity contribution is -0.143. The highest BCUT2D eigenvalue weighted by Crippen LogP contribution is 2.45. The van der Waals surface area contributed by atoms with E-state index in [-0.39, 0.29) is 23.5 Å². The van der Waals surface area contributed by atoms with Gasteiger partial charge in [0.15, 0.2) is 0 Å². The van der Waals surface area contributed by atoms with E-state index in [4.69, 9.17) is 10.5 Å². The fourth-order valence-electron chi connectivity index (χ4n) is 5.79. The number of alkyl halides is 6. The molecule has 2 aromatic rings. The van der Waals surface area contributed by atoms with E-state index in [1.807, 2.05) is 4.90 Å². The number of likely N-dealkylation sites (tertiary alicyclic amines) is 1. The first-order valence-electron chi connectivity index (χ1n) is 12.5. The molecular formula is C27H29F7N2O2. The molecule has 5 atom stereocenters. The van der Waals surface area contributed by atoms with Crippen molar-refractivity contribution in [3.63, 3.8) is 0 Å². The Hall–Kier alpha value is -2.66. The third kappa shape index (κ3) is 6.31. The first kappa shape index (κ1) is 28.4. The summed E-state index contributed by atoms with van der Waals surface area (Å²) in [5.74, 6) is -1.19. The summed E-state index contributed by atoms with van der Waals surface area (Å²) in [6, 6.07) is 6.89. The summed E-state index contributed by atoms with van der Waals surface area (Å²) in [7, 11) is 0. The second kappa shape index (κ2) is 10.8. The van der Waals surface area contributed by atoms with Gasteiger partial charge in [0.2, 0.25) is 5.91 Å². The van der Waals surface area contributed by atoms with E-state index in [1.54, 1.807) is 12.1 Å². The van der Waals surface area contributed by atoms with Gasteiger partial charge in [0.25, 0.3) is 0 Å². The molecule has 38 heavy (non-hydrogen) atoms. The van der Waals surface area contributed by atoms with Crippen molar-refractivity contribution in [2.24, 2.45) is 11.7 Å².